The number of rotatable bonds is 4. The van der Waals surface area contributed by atoms with Crippen LogP contribution in [0.3, 0.4) is 0 Å². The number of benzene rings is 1. The summed E-state index contributed by atoms with van der Waals surface area (Å²) in [5.41, 5.74) is 2.50. The second-order valence-corrected chi connectivity index (χ2v) is 5.89. The number of amides is 1. The van der Waals surface area contributed by atoms with Gasteiger partial charge in [0.15, 0.2) is 5.69 Å². The number of H-pyrrole nitrogens is 1. The summed E-state index contributed by atoms with van der Waals surface area (Å²) in [6, 6.07) is 4.17. The van der Waals surface area contributed by atoms with E-state index in [-0.39, 0.29) is 5.69 Å². The molecule has 0 unspecified atom stereocenters. The SMILES string of the molecule is C[C@H](NC(=O)c1n[nH]c2ccc(-c3cnn(C)c3)cc12)C(C)(F)F. The van der Waals surface area contributed by atoms with Crippen molar-refractivity contribution in [1.82, 2.24) is 25.3 Å². The van der Waals surface area contributed by atoms with Gasteiger partial charge in [-0.2, -0.15) is 10.2 Å². The second kappa shape index (κ2) is 5.70. The lowest BCUT2D eigenvalue weighted by molar-refractivity contribution is -0.0108. The Labute approximate surface area is 136 Å². The van der Waals surface area contributed by atoms with E-state index < -0.39 is 17.9 Å². The maximum absolute atomic E-state index is 13.3. The van der Waals surface area contributed by atoms with Gasteiger partial charge >= 0.3 is 0 Å². The summed E-state index contributed by atoms with van der Waals surface area (Å²) in [6.45, 7) is 2.02. The first-order valence-corrected chi connectivity index (χ1v) is 7.41. The van der Waals surface area contributed by atoms with Crippen LogP contribution in [0, 0.1) is 0 Å². The first-order chi connectivity index (χ1) is 11.3. The molecule has 0 aliphatic heterocycles. The highest BCUT2D eigenvalue weighted by atomic mass is 19.3. The number of hydrogen-bond acceptors (Lipinski definition) is 3. The molecule has 1 amide bonds. The van der Waals surface area contributed by atoms with E-state index in [2.05, 4.69) is 20.6 Å². The number of halogens is 2. The summed E-state index contributed by atoms with van der Waals surface area (Å²) in [6.07, 6.45) is 3.56. The van der Waals surface area contributed by atoms with Crippen molar-refractivity contribution < 1.29 is 13.6 Å². The molecule has 0 bridgehead atoms. The maximum atomic E-state index is 13.3. The molecule has 3 aromatic rings. The molecule has 2 aromatic heterocycles. The summed E-state index contributed by atoms with van der Waals surface area (Å²) >= 11 is 0. The van der Waals surface area contributed by atoms with Crippen molar-refractivity contribution in [3.05, 3.63) is 36.3 Å². The lowest BCUT2D eigenvalue weighted by atomic mass is 10.1. The normalized spacial score (nSPS) is 13.2. The van der Waals surface area contributed by atoms with Gasteiger partial charge < -0.3 is 5.32 Å². The monoisotopic (exact) mass is 333 g/mol. The molecule has 0 fully saturated rings. The third kappa shape index (κ3) is 2.99. The van der Waals surface area contributed by atoms with E-state index in [1.54, 1.807) is 23.0 Å². The first kappa shape index (κ1) is 16.1. The molecule has 0 saturated heterocycles. The van der Waals surface area contributed by atoms with Crippen LogP contribution in [-0.2, 0) is 7.05 Å². The number of aryl methyl sites for hydroxylation is 1. The fourth-order valence-corrected chi connectivity index (χ4v) is 2.33. The minimum Gasteiger partial charge on any atom is -0.342 e. The Hall–Kier alpha value is -2.77. The molecule has 0 radical (unpaired) electrons. The van der Waals surface area contributed by atoms with Crippen molar-refractivity contribution in [3.8, 4) is 11.1 Å². The highest BCUT2D eigenvalue weighted by Crippen LogP contribution is 2.25. The van der Waals surface area contributed by atoms with Gasteiger partial charge in [-0.3, -0.25) is 14.6 Å². The van der Waals surface area contributed by atoms with Gasteiger partial charge in [-0.25, -0.2) is 8.78 Å². The van der Waals surface area contributed by atoms with E-state index in [0.29, 0.717) is 10.9 Å². The van der Waals surface area contributed by atoms with Gasteiger partial charge in [-0.1, -0.05) is 6.07 Å². The molecule has 2 N–H and O–H groups in total. The highest BCUT2D eigenvalue weighted by Gasteiger charge is 2.32. The minimum atomic E-state index is -3.01. The zero-order valence-corrected chi connectivity index (χ0v) is 13.5. The van der Waals surface area contributed by atoms with Crippen LogP contribution in [0.5, 0.6) is 0 Å². The highest BCUT2D eigenvalue weighted by molar-refractivity contribution is 6.05. The zero-order valence-electron chi connectivity index (χ0n) is 13.5. The van der Waals surface area contributed by atoms with Gasteiger partial charge in [0.1, 0.15) is 0 Å². The van der Waals surface area contributed by atoms with E-state index in [0.717, 1.165) is 18.1 Å². The van der Waals surface area contributed by atoms with Gasteiger partial charge in [0.05, 0.1) is 17.8 Å². The van der Waals surface area contributed by atoms with Gasteiger partial charge in [0.2, 0.25) is 0 Å². The molecular weight excluding hydrogens is 316 g/mol. The predicted molar refractivity (Wildman–Crippen MR) is 85.8 cm³/mol. The van der Waals surface area contributed by atoms with E-state index in [4.69, 9.17) is 0 Å². The van der Waals surface area contributed by atoms with Gasteiger partial charge in [-0.05, 0) is 24.6 Å². The molecule has 0 aliphatic rings. The number of aromatic nitrogens is 4. The molecule has 0 aliphatic carbocycles. The Balaban J connectivity index is 1.95. The fourth-order valence-electron chi connectivity index (χ4n) is 2.33. The van der Waals surface area contributed by atoms with Crippen LogP contribution in [0.4, 0.5) is 8.78 Å². The van der Waals surface area contributed by atoms with Gasteiger partial charge in [0.25, 0.3) is 11.8 Å². The average molecular weight is 333 g/mol. The van der Waals surface area contributed by atoms with Crippen LogP contribution in [0.2, 0.25) is 0 Å². The average Bonchev–Trinajstić information content (AvgIpc) is 3.11. The van der Waals surface area contributed by atoms with Crippen LogP contribution in [0.25, 0.3) is 22.0 Å². The topological polar surface area (TPSA) is 75.6 Å². The Morgan fingerprint density at radius 1 is 1.38 bits per heavy atom. The number of aromatic amines is 1. The molecule has 3 rings (SSSR count). The molecule has 1 atom stereocenters. The minimum absolute atomic E-state index is 0.0897. The van der Waals surface area contributed by atoms with Crippen molar-refractivity contribution in [2.75, 3.05) is 0 Å². The molecule has 8 heteroatoms. The largest absolute Gasteiger partial charge is 0.342 e. The maximum Gasteiger partial charge on any atom is 0.272 e. The number of nitrogens with one attached hydrogen (secondary N) is 2. The van der Waals surface area contributed by atoms with E-state index in [1.807, 2.05) is 19.3 Å². The second-order valence-electron chi connectivity index (χ2n) is 5.89. The number of carbonyl (C=O) groups excluding carboxylic acids is 1. The number of alkyl halides is 2. The predicted octanol–water partition coefficient (Wildman–Crippen LogP) is 2.74. The Bertz CT molecular complexity index is 893. The summed E-state index contributed by atoms with van der Waals surface area (Å²) in [5.74, 6) is -3.65. The fraction of sp³-hybridized carbons (Fsp3) is 0.312. The van der Waals surface area contributed by atoms with Crippen LogP contribution >= 0.6 is 0 Å². The van der Waals surface area contributed by atoms with Crippen LogP contribution in [0.1, 0.15) is 24.3 Å². The Kier molecular flexibility index (Phi) is 3.82. The zero-order chi connectivity index (χ0) is 17.5. The van der Waals surface area contributed by atoms with Gasteiger partial charge in [-0.15, -0.1) is 0 Å². The number of carbonyl (C=O) groups is 1. The van der Waals surface area contributed by atoms with Crippen LogP contribution in [0.15, 0.2) is 30.6 Å². The van der Waals surface area contributed by atoms with E-state index in [1.165, 1.54) is 6.92 Å². The van der Waals surface area contributed by atoms with Crippen LogP contribution in [-0.4, -0.2) is 37.8 Å². The third-order valence-corrected chi connectivity index (χ3v) is 3.92. The molecule has 2 heterocycles. The van der Waals surface area contributed by atoms with Gasteiger partial charge in [0, 0.05) is 31.1 Å². The molecule has 24 heavy (non-hydrogen) atoms. The molecule has 126 valence electrons. The van der Waals surface area contributed by atoms with Crippen molar-refractivity contribution in [2.24, 2.45) is 7.05 Å². The van der Waals surface area contributed by atoms with E-state index in [9.17, 15) is 13.6 Å². The lowest BCUT2D eigenvalue weighted by Gasteiger charge is -2.20. The summed E-state index contributed by atoms with van der Waals surface area (Å²) in [7, 11) is 1.81. The lowest BCUT2D eigenvalue weighted by Crippen LogP contribution is -2.43. The van der Waals surface area contributed by atoms with Crippen molar-refractivity contribution in [2.45, 2.75) is 25.8 Å². The number of hydrogen-bond donors (Lipinski definition) is 2. The molecule has 1 aromatic carbocycles. The number of nitrogens with zero attached hydrogens (tertiary/aromatic N) is 3. The third-order valence-electron chi connectivity index (χ3n) is 3.92. The Morgan fingerprint density at radius 2 is 2.12 bits per heavy atom. The molecule has 0 saturated carbocycles. The standard InChI is InChI=1S/C16H17F2N5O/c1-9(16(2,17)18)20-15(24)14-12-6-10(4-5-13(12)21-22-14)11-7-19-23(3)8-11/h4-9H,1-3H3,(H,20,24)(H,21,22)/t9-/m0/s1. The van der Waals surface area contributed by atoms with Crippen molar-refractivity contribution in [1.29, 1.82) is 0 Å². The molecule has 6 nitrogen and oxygen atoms in total. The summed E-state index contributed by atoms with van der Waals surface area (Å²) < 4.78 is 28.2. The first-order valence-electron chi connectivity index (χ1n) is 7.41. The summed E-state index contributed by atoms with van der Waals surface area (Å²) in [4.78, 5) is 12.3. The Morgan fingerprint density at radius 3 is 2.75 bits per heavy atom. The molecular formula is C16H17F2N5O. The molecule has 0 spiro atoms. The van der Waals surface area contributed by atoms with E-state index >= 15 is 0 Å². The van der Waals surface area contributed by atoms with Crippen molar-refractivity contribution >= 4 is 16.8 Å². The summed E-state index contributed by atoms with van der Waals surface area (Å²) in [5, 5.41) is 13.7. The quantitative estimate of drug-likeness (QED) is 0.771. The smallest absolute Gasteiger partial charge is 0.272 e. The van der Waals surface area contributed by atoms with Crippen molar-refractivity contribution in [3.63, 3.8) is 0 Å². The van der Waals surface area contributed by atoms with Crippen LogP contribution < -0.4 is 5.32 Å². The number of fused-ring (bicyclic) bond motifs is 1.